The van der Waals surface area contributed by atoms with E-state index in [1.54, 1.807) is 0 Å². The number of carbonyl (C=O) groups excluding carboxylic acids is 1. The Morgan fingerprint density at radius 1 is 1.23 bits per heavy atom. The van der Waals surface area contributed by atoms with Gasteiger partial charge in [0, 0.05) is 40.8 Å². The predicted octanol–water partition coefficient (Wildman–Crippen LogP) is 5.86. The number of carbonyl (C=O) groups is 1. The maximum Gasteiger partial charge on any atom is 0.196 e. The van der Waals surface area contributed by atoms with E-state index >= 15 is 0 Å². The molecule has 1 fully saturated rings. The van der Waals surface area contributed by atoms with Crippen LogP contribution in [0.4, 0.5) is 0 Å². The number of fused-ring (bicyclic) bond motifs is 2. The number of aromatic amines is 1. The molecule has 4 nitrogen and oxygen atoms in total. The van der Waals surface area contributed by atoms with Gasteiger partial charge in [0.2, 0.25) is 0 Å². The molecule has 162 valence electrons. The molecule has 2 aliphatic rings. The summed E-state index contributed by atoms with van der Waals surface area (Å²) in [4.78, 5) is 19.3. The topological polar surface area (TPSA) is 45.3 Å². The fraction of sp³-hybridized carbons (Fsp3) is 0.346. The van der Waals surface area contributed by atoms with E-state index in [2.05, 4.69) is 29.1 Å². The number of rotatable bonds is 6. The molecule has 0 bridgehead atoms. The zero-order chi connectivity index (χ0) is 20.5. The SMILES string of the molecule is CCCOc1ccccc1C(=O)c1ccc2[nH]cc(C3=CCN4CCCC4C3)c2c1.Cl. The molecular weight excluding hydrogens is 408 g/mol. The Morgan fingerprint density at radius 2 is 2.10 bits per heavy atom. The summed E-state index contributed by atoms with van der Waals surface area (Å²) in [5.41, 5.74) is 5.05. The number of nitrogens with zero attached hydrogens (tertiary/aromatic N) is 1. The lowest BCUT2D eigenvalue weighted by Crippen LogP contribution is -2.32. The molecule has 3 aromatic rings. The van der Waals surface area contributed by atoms with E-state index in [0.717, 1.165) is 30.3 Å². The van der Waals surface area contributed by atoms with Gasteiger partial charge in [-0.15, -0.1) is 12.4 Å². The summed E-state index contributed by atoms with van der Waals surface area (Å²) in [7, 11) is 0. The molecule has 2 aliphatic heterocycles. The van der Waals surface area contributed by atoms with E-state index in [9.17, 15) is 4.79 Å². The van der Waals surface area contributed by atoms with E-state index in [-0.39, 0.29) is 18.2 Å². The number of hydrogen-bond acceptors (Lipinski definition) is 3. The second-order valence-corrected chi connectivity index (χ2v) is 8.36. The van der Waals surface area contributed by atoms with Crippen molar-refractivity contribution in [3.63, 3.8) is 0 Å². The Bertz CT molecular complexity index is 1120. The normalized spacial score (nSPS) is 18.4. The van der Waals surface area contributed by atoms with E-state index in [4.69, 9.17) is 4.74 Å². The highest BCUT2D eigenvalue weighted by atomic mass is 35.5. The first-order valence-electron chi connectivity index (χ1n) is 11.1. The second kappa shape index (κ2) is 9.29. The first-order chi connectivity index (χ1) is 14.7. The lowest BCUT2D eigenvalue weighted by Gasteiger charge is -2.29. The number of aromatic nitrogens is 1. The fourth-order valence-corrected chi connectivity index (χ4v) is 4.83. The first-order valence-corrected chi connectivity index (χ1v) is 11.1. The van der Waals surface area contributed by atoms with Crippen LogP contribution in [0.1, 0.15) is 54.1 Å². The molecule has 0 aliphatic carbocycles. The first kappa shape index (κ1) is 21.7. The van der Waals surface area contributed by atoms with Crippen LogP contribution in [-0.4, -0.2) is 41.4 Å². The highest BCUT2D eigenvalue weighted by Crippen LogP contribution is 2.35. The second-order valence-electron chi connectivity index (χ2n) is 8.36. The van der Waals surface area contributed by atoms with Crippen LogP contribution in [0.25, 0.3) is 16.5 Å². The average molecular weight is 437 g/mol. The molecule has 31 heavy (non-hydrogen) atoms. The van der Waals surface area contributed by atoms with Gasteiger partial charge in [0.1, 0.15) is 5.75 Å². The van der Waals surface area contributed by atoms with Crippen LogP contribution in [0, 0.1) is 0 Å². The van der Waals surface area contributed by atoms with Crippen molar-refractivity contribution < 1.29 is 9.53 Å². The number of H-pyrrole nitrogens is 1. The van der Waals surface area contributed by atoms with Crippen molar-refractivity contribution in [2.24, 2.45) is 0 Å². The van der Waals surface area contributed by atoms with E-state index < -0.39 is 0 Å². The van der Waals surface area contributed by atoms with Crippen LogP contribution in [0.5, 0.6) is 5.75 Å². The number of para-hydroxylation sites is 1. The molecule has 0 saturated carbocycles. The summed E-state index contributed by atoms with van der Waals surface area (Å²) in [6.45, 7) is 4.93. The Labute approximate surface area is 189 Å². The van der Waals surface area contributed by atoms with Gasteiger partial charge in [-0.2, -0.15) is 0 Å². The van der Waals surface area contributed by atoms with Gasteiger partial charge in [-0.1, -0.05) is 25.1 Å². The van der Waals surface area contributed by atoms with Gasteiger partial charge in [-0.3, -0.25) is 9.69 Å². The standard InChI is InChI=1S/C26H28N2O2.ClH/c1-2-14-30-25-8-4-3-7-21(25)26(29)19-9-10-24-22(16-19)23(17-27-24)18-11-13-28-12-5-6-20(28)15-18;/h3-4,7-11,16-17,20,27H,2,5-6,12-15H2,1H3;1H. The van der Waals surface area contributed by atoms with Crippen molar-refractivity contribution in [3.8, 4) is 5.75 Å². The van der Waals surface area contributed by atoms with E-state index in [1.165, 1.54) is 30.5 Å². The Kier molecular flexibility index (Phi) is 6.49. The number of benzene rings is 2. The summed E-state index contributed by atoms with van der Waals surface area (Å²) in [5.74, 6) is 0.672. The van der Waals surface area contributed by atoms with Crippen molar-refractivity contribution in [2.75, 3.05) is 19.7 Å². The van der Waals surface area contributed by atoms with Crippen LogP contribution in [-0.2, 0) is 0 Å². The zero-order valence-electron chi connectivity index (χ0n) is 17.9. The van der Waals surface area contributed by atoms with Crippen LogP contribution < -0.4 is 4.74 Å². The maximum absolute atomic E-state index is 13.3. The Hall–Kier alpha value is -2.56. The van der Waals surface area contributed by atoms with Gasteiger partial charge in [0.15, 0.2) is 5.78 Å². The number of halogens is 1. The summed E-state index contributed by atoms with van der Waals surface area (Å²) in [5, 5.41) is 1.13. The molecule has 1 saturated heterocycles. The molecule has 1 atom stereocenters. The van der Waals surface area contributed by atoms with Crippen molar-refractivity contribution in [2.45, 2.75) is 38.6 Å². The van der Waals surface area contributed by atoms with E-state index in [1.807, 2.05) is 42.5 Å². The van der Waals surface area contributed by atoms with Crippen molar-refractivity contribution in [1.29, 1.82) is 0 Å². The molecule has 5 heteroatoms. The van der Waals surface area contributed by atoms with Crippen molar-refractivity contribution >= 4 is 34.7 Å². The summed E-state index contributed by atoms with van der Waals surface area (Å²) < 4.78 is 5.82. The third-order valence-electron chi connectivity index (χ3n) is 6.41. The summed E-state index contributed by atoms with van der Waals surface area (Å²) in [6, 6.07) is 14.2. The molecule has 0 spiro atoms. The molecule has 2 aromatic carbocycles. The van der Waals surface area contributed by atoms with Gasteiger partial charge in [0.05, 0.1) is 12.2 Å². The molecule has 5 rings (SSSR count). The van der Waals surface area contributed by atoms with Crippen LogP contribution in [0.2, 0.25) is 0 Å². The lowest BCUT2D eigenvalue weighted by atomic mass is 9.93. The lowest BCUT2D eigenvalue weighted by molar-refractivity contribution is 0.103. The average Bonchev–Trinajstić information content (AvgIpc) is 3.43. The van der Waals surface area contributed by atoms with Gasteiger partial charge < -0.3 is 9.72 Å². The van der Waals surface area contributed by atoms with Gasteiger partial charge in [0.25, 0.3) is 0 Å². The highest BCUT2D eigenvalue weighted by Gasteiger charge is 2.28. The minimum atomic E-state index is 0. The molecule has 1 N–H and O–H groups in total. The molecular formula is C26H29ClN2O2. The monoisotopic (exact) mass is 436 g/mol. The fourth-order valence-electron chi connectivity index (χ4n) is 4.83. The molecule has 0 radical (unpaired) electrons. The highest BCUT2D eigenvalue weighted by molar-refractivity contribution is 6.12. The van der Waals surface area contributed by atoms with Crippen LogP contribution in [0.15, 0.2) is 54.7 Å². The van der Waals surface area contributed by atoms with Crippen LogP contribution >= 0.6 is 12.4 Å². The van der Waals surface area contributed by atoms with E-state index in [0.29, 0.717) is 29.5 Å². The minimum absolute atomic E-state index is 0. The molecule has 3 heterocycles. The van der Waals surface area contributed by atoms with Gasteiger partial charge in [-0.05, 0) is 68.1 Å². The third kappa shape index (κ3) is 4.15. The van der Waals surface area contributed by atoms with Gasteiger partial charge in [-0.25, -0.2) is 0 Å². The van der Waals surface area contributed by atoms with Crippen molar-refractivity contribution in [1.82, 2.24) is 9.88 Å². The Balaban J connectivity index is 0.00000231. The summed E-state index contributed by atoms with van der Waals surface area (Å²) >= 11 is 0. The largest absolute Gasteiger partial charge is 0.493 e. The number of hydrogen-bond donors (Lipinski definition) is 1. The minimum Gasteiger partial charge on any atom is -0.493 e. The number of nitrogens with one attached hydrogen (secondary N) is 1. The molecule has 0 amide bonds. The number of ether oxygens (including phenoxy) is 1. The summed E-state index contributed by atoms with van der Waals surface area (Å²) in [6.07, 6.45) is 9.07. The predicted molar refractivity (Wildman–Crippen MR) is 128 cm³/mol. The third-order valence-corrected chi connectivity index (χ3v) is 6.41. The van der Waals surface area contributed by atoms with Crippen LogP contribution in [0.3, 0.4) is 0 Å². The number of ketones is 1. The van der Waals surface area contributed by atoms with Crippen molar-refractivity contribution in [3.05, 3.63) is 71.4 Å². The zero-order valence-corrected chi connectivity index (χ0v) is 18.7. The van der Waals surface area contributed by atoms with Gasteiger partial charge >= 0.3 is 0 Å². The Morgan fingerprint density at radius 3 is 2.97 bits per heavy atom. The quantitative estimate of drug-likeness (QED) is 0.492. The maximum atomic E-state index is 13.3. The molecule has 1 aromatic heterocycles. The molecule has 1 unspecified atom stereocenters. The smallest absolute Gasteiger partial charge is 0.196 e.